The Bertz CT molecular complexity index is 64.5. The summed E-state index contributed by atoms with van der Waals surface area (Å²) in [7, 11) is 1.89. The molecule has 2 heteroatoms. The minimum absolute atomic E-state index is 0.842. The Labute approximate surface area is 49.4 Å². The fourth-order valence-corrected chi connectivity index (χ4v) is 0.320. The molecule has 0 rings (SSSR count). The van der Waals surface area contributed by atoms with Crippen LogP contribution in [0.1, 0.15) is 6.92 Å². The fourth-order valence-electron chi connectivity index (χ4n) is 0.243. The van der Waals surface area contributed by atoms with Crippen molar-refractivity contribution in [2.45, 2.75) is 6.92 Å². The first kappa shape index (κ1) is 6.99. The van der Waals surface area contributed by atoms with E-state index >= 15 is 0 Å². The SMILES string of the molecule is CNC/C=C(/C)Cl. The number of nitrogens with one attached hydrogen (secondary N) is 1. The molecule has 0 unspecified atom stereocenters. The minimum Gasteiger partial charge on any atom is -0.316 e. The molecule has 0 saturated carbocycles. The van der Waals surface area contributed by atoms with Crippen LogP contribution in [-0.4, -0.2) is 13.6 Å². The van der Waals surface area contributed by atoms with Crippen molar-refractivity contribution in [3.8, 4) is 0 Å². The predicted octanol–water partition coefficient (Wildman–Crippen LogP) is 1.35. The third kappa shape index (κ3) is 5.99. The van der Waals surface area contributed by atoms with Gasteiger partial charge in [-0.3, -0.25) is 0 Å². The standard InChI is InChI=1S/C5H10ClN/c1-5(6)3-4-7-2/h3,7H,4H2,1-2H3/b5-3-. The summed E-state index contributed by atoms with van der Waals surface area (Å²) in [4.78, 5) is 0. The molecule has 0 heterocycles. The number of allylic oxidation sites excluding steroid dienone is 1. The molecular formula is C5H10ClN. The van der Waals surface area contributed by atoms with Crippen molar-refractivity contribution >= 4 is 11.6 Å². The van der Waals surface area contributed by atoms with Gasteiger partial charge in [-0.15, -0.1) is 0 Å². The first-order valence-corrected chi connectivity index (χ1v) is 2.62. The minimum atomic E-state index is 0.842. The van der Waals surface area contributed by atoms with Crippen LogP contribution in [-0.2, 0) is 0 Å². The average Bonchev–Trinajstić information content (AvgIpc) is 1.61. The molecule has 1 nitrogen and oxygen atoms in total. The molecule has 7 heavy (non-hydrogen) atoms. The van der Waals surface area contributed by atoms with Gasteiger partial charge in [-0.05, 0) is 14.0 Å². The summed E-state index contributed by atoms with van der Waals surface area (Å²) in [5.41, 5.74) is 0. The molecular weight excluding hydrogens is 110 g/mol. The molecule has 0 amide bonds. The maximum absolute atomic E-state index is 5.48. The van der Waals surface area contributed by atoms with Crippen molar-refractivity contribution in [2.75, 3.05) is 13.6 Å². The molecule has 0 saturated heterocycles. The molecule has 0 aliphatic rings. The lowest BCUT2D eigenvalue weighted by Gasteiger charge is -1.86. The smallest absolute Gasteiger partial charge is 0.0146 e. The van der Waals surface area contributed by atoms with E-state index in [0.717, 1.165) is 11.6 Å². The first-order valence-electron chi connectivity index (χ1n) is 2.24. The maximum atomic E-state index is 5.48. The number of hydrogen-bond donors (Lipinski definition) is 1. The topological polar surface area (TPSA) is 12.0 Å². The Morgan fingerprint density at radius 2 is 2.43 bits per heavy atom. The molecule has 0 spiro atoms. The summed E-state index contributed by atoms with van der Waals surface area (Å²) in [5, 5.41) is 3.78. The second-order valence-corrected chi connectivity index (χ2v) is 1.94. The van der Waals surface area contributed by atoms with E-state index in [2.05, 4.69) is 5.32 Å². The molecule has 0 fully saturated rings. The van der Waals surface area contributed by atoms with Gasteiger partial charge in [0, 0.05) is 11.6 Å². The van der Waals surface area contributed by atoms with Gasteiger partial charge in [0.05, 0.1) is 0 Å². The molecule has 0 aromatic carbocycles. The van der Waals surface area contributed by atoms with Gasteiger partial charge >= 0.3 is 0 Å². The Hall–Kier alpha value is -0.0100. The van der Waals surface area contributed by atoms with Crippen molar-refractivity contribution in [2.24, 2.45) is 0 Å². The molecule has 0 aliphatic carbocycles. The number of rotatable bonds is 2. The van der Waals surface area contributed by atoms with Crippen LogP contribution in [0.3, 0.4) is 0 Å². The Balaban J connectivity index is 3.08. The van der Waals surface area contributed by atoms with Crippen LogP contribution >= 0.6 is 11.6 Å². The summed E-state index contributed by atoms with van der Waals surface area (Å²) in [6.07, 6.45) is 1.92. The highest BCUT2D eigenvalue weighted by Crippen LogP contribution is 1.94. The van der Waals surface area contributed by atoms with Gasteiger partial charge in [0.15, 0.2) is 0 Å². The molecule has 0 bridgehead atoms. The van der Waals surface area contributed by atoms with Crippen molar-refractivity contribution < 1.29 is 0 Å². The van der Waals surface area contributed by atoms with Crippen LogP contribution in [0.25, 0.3) is 0 Å². The lowest BCUT2D eigenvalue weighted by atomic mass is 10.5. The van der Waals surface area contributed by atoms with E-state index in [1.807, 2.05) is 20.0 Å². The quantitative estimate of drug-likeness (QED) is 0.579. The fraction of sp³-hybridized carbons (Fsp3) is 0.600. The number of likely N-dealkylation sites (N-methyl/N-ethyl adjacent to an activating group) is 1. The zero-order chi connectivity index (χ0) is 5.70. The third-order valence-electron chi connectivity index (χ3n) is 0.587. The first-order chi connectivity index (χ1) is 3.27. The summed E-state index contributed by atoms with van der Waals surface area (Å²) < 4.78 is 0. The van der Waals surface area contributed by atoms with Gasteiger partial charge in [0.1, 0.15) is 0 Å². The van der Waals surface area contributed by atoms with E-state index < -0.39 is 0 Å². The summed E-state index contributed by atoms with van der Waals surface area (Å²) in [6, 6.07) is 0. The van der Waals surface area contributed by atoms with Crippen molar-refractivity contribution in [1.29, 1.82) is 0 Å². The van der Waals surface area contributed by atoms with Gasteiger partial charge in [-0.25, -0.2) is 0 Å². The zero-order valence-corrected chi connectivity index (χ0v) is 5.42. The van der Waals surface area contributed by atoms with Gasteiger partial charge < -0.3 is 5.32 Å². The van der Waals surface area contributed by atoms with Crippen molar-refractivity contribution in [1.82, 2.24) is 5.32 Å². The van der Waals surface area contributed by atoms with Crippen LogP contribution in [0.5, 0.6) is 0 Å². The van der Waals surface area contributed by atoms with Gasteiger partial charge in [0.25, 0.3) is 0 Å². The largest absolute Gasteiger partial charge is 0.316 e. The van der Waals surface area contributed by atoms with Crippen LogP contribution in [0.4, 0.5) is 0 Å². The summed E-state index contributed by atoms with van der Waals surface area (Å²) in [6.45, 7) is 2.72. The molecule has 42 valence electrons. The molecule has 0 atom stereocenters. The molecule has 1 N–H and O–H groups in total. The van der Waals surface area contributed by atoms with Crippen LogP contribution in [0.15, 0.2) is 11.1 Å². The van der Waals surface area contributed by atoms with Crippen molar-refractivity contribution in [3.63, 3.8) is 0 Å². The Morgan fingerprint density at radius 1 is 1.86 bits per heavy atom. The molecule has 0 aliphatic heterocycles. The van der Waals surface area contributed by atoms with E-state index in [1.165, 1.54) is 0 Å². The van der Waals surface area contributed by atoms with E-state index in [1.54, 1.807) is 0 Å². The van der Waals surface area contributed by atoms with Crippen LogP contribution < -0.4 is 5.32 Å². The highest BCUT2D eigenvalue weighted by atomic mass is 35.5. The zero-order valence-electron chi connectivity index (χ0n) is 4.66. The lowest BCUT2D eigenvalue weighted by Crippen LogP contribution is -2.03. The Kier molecular flexibility index (Phi) is 4.15. The highest BCUT2D eigenvalue weighted by Gasteiger charge is 1.74. The highest BCUT2D eigenvalue weighted by molar-refractivity contribution is 6.29. The van der Waals surface area contributed by atoms with Crippen LogP contribution in [0, 0.1) is 0 Å². The monoisotopic (exact) mass is 119 g/mol. The van der Waals surface area contributed by atoms with Gasteiger partial charge in [0.2, 0.25) is 0 Å². The van der Waals surface area contributed by atoms with Gasteiger partial charge in [-0.1, -0.05) is 17.7 Å². The van der Waals surface area contributed by atoms with E-state index in [9.17, 15) is 0 Å². The predicted molar refractivity (Wildman–Crippen MR) is 33.5 cm³/mol. The number of halogens is 1. The van der Waals surface area contributed by atoms with E-state index in [0.29, 0.717) is 0 Å². The normalized spacial score (nSPS) is 12.1. The van der Waals surface area contributed by atoms with E-state index in [-0.39, 0.29) is 0 Å². The molecule has 0 aromatic heterocycles. The summed E-state index contributed by atoms with van der Waals surface area (Å²) in [5.74, 6) is 0. The molecule has 0 aromatic rings. The van der Waals surface area contributed by atoms with E-state index in [4.69, 9.17) is 11.6 Å². The number of hydrogen-bond acceptors (Lipinski definition) is 1. The van der Waals surface area contributed by atoms with Crippen molar-refractivity contribution in [3.05, 3.63) is 11.1 Å². The van der Waals surface area contributed by atoms with Gasteiger partial charge in [-0.2, -0.15) is 0 Å². The molecule has 0 radical (unpaired) electrons. The Morgan fingerprint density at radius 3 is 2.57 bits per heavy atom. The second kappa shape index (κ2) is 4.16. The summed E-state index contributed by atoms with van der Waals surface area (Å²) >= 11 is 5.48. The van der Waals surface area contributed by atoms with Crippen LogP contribution in [0.2, 0.25) is 0 Å². The lowest BCUT2D eigenvalue weighted by molar-refractivity contribution is 0.917. The maximum Gasteiger partial charge on any atom is 0.0146 e. The average molecular weight is 120 g/mol. The third-order valence-corrected chi connectivity index (χ3v) is 0.742. The second-order valence-electron chi connectivity index (χ2n) is 1.35.